The van der Waals surface area contributed by atoms with Gasteiger partial charge in [0, 0.05) is 21.3 Å². The van der Waals surface area contributed by atoms with E-state index < -0.39 is 0 Å². The number of aryl methyl sites for hydroxylation is 1. The second-order valence-electron chi connectivity index (χ2n) is 5.68. The molecule has 1 heterocycles. The van der Waals surface area contributed by atoms with Crippen molar-refractivity contribution in [3.05, 3.63) is 33.4 Å². The molecule has 0 radical (unpaired) electrons. The first-order chi connectivity index (χ1) is 11.6. The van der Waals surface area contributed by atoms with Crippen LogP contribution in [0.5, 0.6) is 11.5 Å². The zero-order valence-corrected chi connectivity index (χ0v) is 15.2. The topological polar surface area (TPSA) is 81.2 Å². The fourth-order valence-corrected chi connectivity index (χ4v) is 3.74. The molecule has 1 aromatic heterocycles. The van der Waals surface area contributed by atoms with E-state index in [4.69, 9.17) is 15.2 Å². The van der Waals surface area contributed by atoms with Crippen LogP contribution in [0.2, 0.25) is 0 Å². The second-order valence-corrected chi connectivity index (χ2v) is 6.53. The van der Waals surface area contributed by atoms with Crippen molar-refractivity contribution >= 4 is 21.7 Å². The number of benzene rings is 1. The highest BCUT2D eigenvalue weighted by atomic mass is 79.9. The predicted molar refractivity (Wildman–Crippen MR) is 96.2 cm³/mol. The van der Waals surface area contributed by atoms with Crippen LogP contribution in [0.4, 0.5) is 5.82 Å². The molecule has 0 unspecified atom stereocenters. The highest BCUT2D eigenvalue weighted by Gasteiger charge is 2.24. The Morgan fingerprint density at radius 1 is 1.17 bits per heavy atom. The Morgan fingerprint density at radius 3 is 2.50 bits per heavy atom. The van der Waals surface area contributed by atoms with Gasteiger partial charge >= 0.3 is 0 Å². The fourth-order valence-electron chi connectivity index (χ4n) is 3.22. The van der Waals surface area contributed by atoms with Crippen LogP contribution >= 0.6 is 15.9 Å². The Kier molecular flexibility index (Phi) is 4.63. The van der Waals surface area contributed by atoms with Crippen LogP contribution in [0.3, 0.4) is 0 Å². The van der Waals surface area contributed by atoms with E-state index in [9.17, 15) is 5.26 Å². The number of anilines is 1. The number of ether oxygens (including phenoxy) is 2. The Balaban J connectivity index is 2.34. The van der Waals surface area contributed by atoms with Gasteiger partial charge in [0.1, 0.15) is 17.5 Å². The summed E-state index contributed by atoms with van der Waals surface area (Å²) in [5.41, 5.74) is 10.3. The fraction of sp³-hybridized carbons (Fsp3) is 0.333. The summed E-state index contributed by atoms with van der Waals surface area (Å²) in [7, 11) is 3.19. The van der Waals surface area contributed by atoms with Crippen LogP contribution in [-0.4, -0.2) is 19.2 Å². The van der Waals surface area contributed by atoms with Gasteiger partial charge < -0.3 is 15.2 Å². The van der Waals surface area contributed by atoms with Crippen LogP contribution in [-0.2, 0) is 12.8 Å². The molecule has 124 valence electrons. The molecule has 0 bridgehead atoms. The maximum absolute atomic E-state index is 9.64. The first kappa shape index (κ1) is 16.6. The number of nitrogen functional groups attached to an aromatic ring is 1. The van der Waals surface area contributed by atoms with Crippen LogP contribution in [0.1, 0.15) is 29.7 Å². The van der Waals surface area contributed by atoms with Gasteiger partial charge in [-0.25, -0.2) is 4.98 Å². The summed E-state index contributed by atoms with van der Waals surface area (Å²) in [5.74, 6) is 1.52. The van der Waals surface area contributed by atoms with Gasteiger partial charge in [0.2, 0.25) is 0 Å². The minimum Gasteiger partial charge on any atom is -0.493 e. The highest BCUT2D eigenvalue weighted by Crippen LogP contribution is 2.43. The van der Waals surface area contributed by atoms with Crippen molar-refractivity contribution in [2.24, 2.45) is 0 Å². The number of hydrogen-bond donors (Lipinski definition) is 1. The molecule has 0 atom stereocenters. The summed E-state index contributed by atoms with van der Waals surface area (Å²) >= 11 is 3.60. The average Bonchev–Trinajstić information content (AvgIpc) is 2.60. The molecule has 3 rings (SSSR count). The quantitative estimate of drug-likeness (QED) is 0.864. The molecule has 0 aliphatic heterocycles. The average molecular weight is 388 g/mol. The van der Waals surface area contributed by atoms with Crippen LogP contribution in [0.15, 0.2) is 16.6 Å². The van der Waals surface area contributed by atoms with Crippen LogP contribution in [0.25, 0.3) is 11.1 Å². The van der Waals surface area contributed by atoms with E-state index in [0.717, 1.165) is 52.5 Å². The maximum Gasteiger partial charge on any atom is 0.161 e. The molecule has 1 aliphatic rings. The minimum absolute atomic E-state index is 0.287. The highest BCUT2D eigenvalue weighted by molar-refractivity contribution is 9.10. The summed E-state index contributed by atoms with van der Waals surface area (Å²) in [6, 6.07) is 5.96. The third-order valence-corrected chi connectivity index (χ3v) is 5.01. The summed E-state index contributed by atoms with van der Waals surface area (Å²) in [6.07, 6.45) is 3.97. The van der Waals surface area contributed by atoms with Crippen molar-refractivity contribution in [1.82, 2.24) is 4.98 Å². The van der Waals surface area contributed by atoms with Gasteiger partial charge in [-0.2, -0.15) is 5.26 Å². The van der Waals surface area contributed by atoms with Crippen molar-refractivity contribution in [2.45, 2.75) is 25.7 Å². The van der Waals surface area contributed by atoms with Gasteiger partial charge in [-0.15, -0.1) is 0 Å². The molecule has 0 spiro atoms. The molecule has 0 saturated heterocycles. The van der Waals surface area contributed by atoms with E-state index in [2.05, 4.69) is 27.0 Å². The van der Waals surface area contributed by atoms with E-state index >= 15 is 0 Å². The van der Waals surface area contributed by atoms with Crippen molar-refractivity contribution < 1.29 is 9.47 Å². The number of pyridine rings is 1. The standard InChI is InChI=1S/C18H18BrN3O2/c1-23-15-7-11(13(19)8-16(15)24-2)17-10-5-3-4-6-14(10)22-18(21)12(17)9-20/h7-8H,3-6H2,1-2H3,(H2,21,22). The largest absolute Gasteiger partial charge is 0.493 e. The molecule has 1 aliphatic carbocycles. The number of methoxy groups -OCH3 is 2. The molecule has 0 saturated carbocycles. The Bertz CT molecular complexity index is 843. The second kappa shape index (κ2) is 6.70. The summed E-state index contributed by atoms with van der Waals surface area (Å²) in [5, 5.41) is 9.64. The van der Waals surface area contributed by atoms with Gasteiger partial charge in [0.05, 0.1) is 14.2 Å². The summed E-state index contributed by atoms with van der Waals surface area (Å²) < 4.78 is 11.6. The third-order valence-electron chi connectivity index (χ3n) is 4.36. The predicted octanol–water partition coefficient (Wildman–Crippen LogP) is 3.86. The first-order valence-corrected chi connectivity index (χ1v) is 8.53. The van der Waals surface area contributed by atoms with E-state index in [1.807, 2.05) is 12.1 Å². The minimum atomic E-state index is 0.287. The number of hydrogen-bond acceptors (Lipinski definition) is 5. The number of halogens is 1. The molecule has 5 nitrogen and oxygen atoms in total. The SMILES string of the molecule is COc1cc(Br)c(-c2c(C#N)c(N)nc3c2CCCC3)cc1OC. The summed E-state index contributed by atoms with van der Waals surface area (Å²) in [6.45, 7) is 0. The molecule has 0 fully saturated rings. The zero-order valence-electron chi connectivity index (χ0n) is 13.6. The molecule has 2 aromatic rings. The molecule has 24 heavy (non-hydrogen) atoms. The van der Waals surface area contributed by atoms with Crippen molar-refractivity contribution in [2.75, 3.05) is 20.0 Å². The lowest BCUT2D eigenvalue weighted by Crippen LogP contribution is -2.12. The van der Waals surface area contributed by atoms with E-state index in [1.54, 1.807) is 14.2 Å². The van der Waals surface area contributed by atoms with Crippen LogP contribution in [0, 0.1) is 11.3 Å². The van der Waals surface area contributed by atoms with Gasteiger partial charge in [-0.1, -0.05) is 15.9 Å². The number of aromatic nitrogens is 1. The Morgan fingerprint density at radius 2 is 1.83 bits per heavy atom. The molecule has 0 amide bonds. The van der Waals surface area contributed by atoms with Gasteiger partial charge in [-0.3, -0.25) is 0 Å². The Labute approximate surface area is 149 Å². The molecular formula is C18H18BrN3O2. The maximum atomic E-state index is 9.64. The molecule has 1 aromatic carbocycles. The number of nitrogens with zero attached hydrogens (tertiary/aromatic N) is 2. The van der Waals surface area contributed by atoms with Gasteiger partial charge in [-0.05, 0) is 43.4 Å². The molecule has 2 N–H and O–H groups in total. The normalized spacial score (nSPS) is 13.1. The number of nitrogens with two attached hydrogens (primary N) is 1. The zero-order chi connectivity index (χ0) is 17.3. The lowest BCUT2D eigenvalue weighted by Gasteiger charge is -2.22. The number of rotatable bonds is 3. The molecular weight excluding hydrogens is 370 g/mol. The van der Waals surface area contributed by atoms with Gasteiger partial charge in [0.25, 0.3) is 0 Å². The Hall–Kier alpha value is -2.26. The monoisotopic (exact) mass is 387 g/mol. The number of nitriles is 1. The summed E-state index contributed by atoms with van der Waals surface area (Å²) in [4.78, 5) is 4.46. The van der Waals surface area contributed by atoms with Crippen molar-refractivity contribution in [3.8, 4) is 28.7 Å². The molecule has 6 heteroatoms. The lowest BCUT2D eigenvalue weighted by molar-refractivity contribution is 0.355. The van der Waals surface area contributed by atoms with Crippen LogP contribution < -0.4 is 15.2 Å². The smallest absolute Gasteiger partial charge is 0.161 e. The van der Waals surface area contributed by atoms with Crippen molar-refractivity contribution in [3.63, 3.8) is 0 Å². The first-order valence-electron chi connectivity index (χ1n) is 7.74. The third kappa shape index (κ3) is 2.69. The van der Waals surface area contributed by atoms with E-state index in [-0.39, 0.29) is 5.82 Å². The van der Waals surface area contributed by atoms with Gasteiger partial charge in [0.15, 0.2) is 11.5 Å². The number of fused-ring (bicyclic) bond motifs is 1. The van der Waals surface area contributed by atoms with E-state index in [0.29, 0.717) is 17.1 Å². The lowest BCUT2D eigenvalue weighted by atomic mass is 9.86. The van der Waals surface area contributed by atoms with Crippen molar-refractivity contribution in [1.29, 1.82) is 5.26 Å². The van der Waals surface area contributed by atoms with E-state index in [1.165, 1.54) is 0 Å².